The molecule has 0 aromatic heterocycles. The summed E-state index contributed by atoms with van der Waals surface area (Å²) in [6, 6.07) is 8.81. The van der Waals surface area contributed by atoms with E-state index in [9.17, 15) is 28.1 Å². The minimum Gasteiger partial charge on any atom is -0.406 e. The molecule has 0 aliphatic rings. The highest BCUT2D eigenvalue weighted by Gasteiger charge is 2.31. The zero-order valence-electron chi connectivity index (χ0n) is 13.8. The topological polar surface area (TPSA) is 81.5 Å². The molecule has 26 heavy (non-hydrogen) atoms. The van der Waals surface area contributed by atoms with Gasteiger partial charge in [0.05, 0.1) is 11.0 Å². The molecular formula is C17H15F3N2O4. The second-order valence-corrected chi connectivity index (χ2v) is 5.54. The fourth-order valence-corrected chi connectivity index (χ4v) is 2.40. The fraction of sp³-hybridized carbons (Fsp3) is 0.235. The Morgan fingerprint density at radius 1 is 1.19 bits per heavy atom. The van der Waals surface area contributed by atoms with Gasteiger partial charge in [0, 0.05) is 5.56 Å². The molecule has 0 aliphatic carbocycles. The van der Waals surface area contributed by atoms with E-state index in [1.165, 1.54) is 37.3 Å². The van der Waals surface area contributed by atoms with Gasteiger partial charge in [0.25, 0.3) is 11.6 Å². The van der Waals surface area contributed by atoms with E-state index >= 15 is 0 Å². The summed E-state index contributed by atoms with van der Waals surface area (Å²) >= 11 is 0. The van der Waals surface area contributed by atoms with Crippen molar-refractivity contribution in [1.82, 2.24) is 5.32 Å². The molecular weight excluding hydrogens is 353 g/mol. The number of benzene rings is 2. The van der Waals surface area contributed by atoms with Gasteiger partial charge in [-0.3, -0.25) is 14.9 Å². The van der Waals surface area contributed by atoms with E-state index in [1.807, 2.05) is 0 Å². The number of para-hydroxylation sites is 1. The molecule has 0 heterocycles. The molecule has 138 valence electrons. The quantitative estimate of drug-likeness (QED) is 0.630. The Hall–Kier alpha value is -3.10. The second kappa shape index (κ2) is 7.42. The van der Waals surface area contributed by atoms with Crippen LogP contribution in [0.3, 0.4) is 0 Å². The molecule has 1 N–H and O–H groups in total. The Balaban J connectivity index is 2.15. The lowest BCUT2D eigenvalue weighted by molar-refractivity contribution is -0.385. The molecule has 0 fully saturated rings. The lowest BCUT2D eigenvalue weighted by atomic mass is 10.1. The predicted octanol–water partition coefficient (Wildman–Crippen LogP) is 4.29. The van der Waals surface area contributed by atoms with Gasteiger partial charge in [-0.05, 0) is 37.6 Å². The monoisotopic (exact) mass is 368 g/mol. The summed E-state index contributed by atoms with van der Waals surface area (Å²) in [5.41, 5.74) is 0.497. The highest BCUT2D eigenvalue weighted by molar-refractivity contribution is 5.98. The average molecular weight is 368 g/mol. The summed E-state index contributed by atoms with van der Waals surface area (Å²) < 4.78 is 40.3. The molecule has 0 radical (unpaired) electrons. The van der Waals surface area contributed by atoms with Crippen LogP contribution in [-0.4, -0.2) is 17.2 Å². The molecule has 1 atom stereocenters. The number of nitro groups is 1. The minimum atomic E-state index is -4.79. The Kier molecular flexibility index (Phi) is 5.49. The average Bonchev–Trinajstić information content (AvgIpc) is 2.53. The van der Waals surface area contributed by atoms with Gasteiger partial charge in [0.1, 0.15) is 11.3 Å². The molecule has 1 unspecified atom stereocenters. The molecule has 0 aliphatic heterocycles. The van der Waals surface area contributed by atoms with Crippen molar-refractivity contribution < 1.29 is 27.6 Å². The van der Waals surface area contributed by atoms with Crippen molar-refractivity contribution in [3.63, 3.8) is 0 Å². The van der Waals surface area contributed by atoms with Gasteiger partial charge >= 0.3 is 6.36 Å². The van der Waals surface area contributed by atoms with Crippen LogP contribution in [0.2, 0.25) is 0 Å². The number of hydrogen-bond acceptors (Lipinski definition) is 4. The van der Waals surface area contributed by atoms with Crippen LogP contribution >= 0.6 is 0 Å². The van der Waals surface area contributed by atoms with Crippen LogP contribution in [0.15, 0.2) is 42.5 Å². The van der Waals surface area contributed by atoms with Crippen molar-refractivity contribution in [2.24, 2.45) is 0 Å². The maximum atomic E-state index is 12.4. The largest absolute Gasteiger partial charge is 0.573 e. The van der Waals surface area contributed by atoms with Crippen molar-refractivity contribution >= 4 is 11.6 Å². The SMILES string of the molecule is Cc1cccc(C(=O)NC(C)c2ccc(OC(F)(F)F)cc2)c1[N+](=O)[O-]. The molecule has 0 saturated carbocycles. The summed E-state index contributed by atoms with van der Waals surface area (Å²) in [5, 5.41) is 13.8. The van der Waals surface area contributed by atoms with E-state index in [1.54, 1.807) is 6.92 Å². The van der Waals surface area contributed by atoms with Gasteiger partial charge in [-0.15, -0.1) is 13.2 Å². The van der Waals surface area contributed by atoms with Gasteiger partial charge in [-0.25, -0.2) is 0 Å². The van der Waals surface area contributed by atoms with Crippen LogP contribution < -0.4 is 10.1 Å². The van der Waals surface area contributed by atoms with E-state index in [0.717, 1.165) is 12.1 Å². The van der Waals surface area contributed by atoms with Crippen LogP contribution in [0.5, 0.6) is 5.75 Å². The standard InChI is InChI=1S/C17H15F3N2O4/c1-10-4-3-5-14(15(10)22(24)25)16(23)21-11(2)12-6-8-13(9-7-12)26-17(18,19)20/h3-9,11H,1-2H3,(H,21,23). The number of nitrogens with zero attached hydrogens (tertiary/aromatic N) is 1. The number of carbonyl (C=O) groups excluding carboxylic acids is 1. The minimum absolute atomic E-state index is 0.0844. The van der Waals surface area contributed by atoms with Crippen molar-refractivity contribution in [3.8, 4) is 5.75 Å². The van der Waals surface area contributed by atoms with Gasteiger partial charge < -0.3 is 10.1 Å². The molecule has 2 aromatic carbocycles. The third-order valence-corrected chi connectivity index (χ3v) is 3.63. The first-order chi connectivity index (χ1) is 12.1. The number of nitrogens with one attached hydrogen (secondary N) is 1. The number of hydrogen-bond donors (Lipinski definition) is 1. The predicted molar refractivity (Wildman–Crippen MR) is 86.8 cm³/mol. The number of aryl methyl sites for hydroxylation is 1. The number of amides is 1. The molecule has 1 amide bonds. The smallest absolute Gasteiger partial charge is 0.406 e. The van der Waals surface area contributed by atoms with Gasteiger partial charge in [-0.1, -0.05) is 24.3 Å². The van der Waals surface area contributed by atoms with E-state index in [0.29, 0.717) is 11.1 Å². The van der Waals surface area contributed by atoms with Gasteiger partial charge in [0.2, 0.25) is 0 Å². The molecule has 2 rings (SSSR count). The zero-order chi connectivity index (χ0) is 19.5. The van der Waals surface area contributed by atoms with Crippen molar-refractivity contribution in [2.45, 2.75) is 26.3 Å². The third kappa shape index (κ3) is 4.71. The lowest BCUT2D eigenvalue weighted by Crippen LogP contribution is -2.27. The highest BCUT2D eigenvalue weighted by Crippen LogP contribution is 2.26. The Morgan fingerprint density at radius 2 is 1.81 bits per heavy atom. The summed E-state index contributed by atoms with van der Waals surface area (Å²) in [5.74, 6) is -1.03. The number of rotatable bonds is 5. The summed E-state index contributed by atoms with van der Waals surface area (Å²) in [6.07, 6.45) is -4.79. The third-order valence-electron chi connectivity index (χ3n) is 3.63. The first-order valence-electron chi connectivity index (χ1n) is 7.49. The van der Waals surface area contributed by atoms with E-state index < -0.39 is 23.2 Å². The van der Waals surface area contributed by atoms with E-state index in [2.05, 4.69) is 10.1 Å². The van der Waals surface area contributed by atoms with Crippen LogP contribution in [0.25, 0.3) is 0 Å². The molecule has 0 spiro atoms. The van der Waals surface area contributed by atoms with Crippen LogP contribution in [0, 0.1) is 17.0 Å². The van der Waals surface area contributed by atoms with Crippen LogP contribution in [0.1, 0.15) is 34.5 Å². The first-order valence-corrected chi connectivity index (χ1v) is 7.49. The summed E-state index contributed by atoms with van der Waals surface area (Å²) in [6.45, 7) is 3.14. The van der Waals surface area contributed by atoms with Gasteiger partial charge in [-0.2, -0.15) is 0 Å². The van der Waals surface area contributed by atoms with Gasteiger partial charge in [0.15, 0.2) is 0 Å². The molecule has 9 heteroatoms. The maximum Gasteiger partial charge on any atom is 0.573 e. The lowest BCUT2D eigenvalue weighted by Gasteiger charge is -2.16. The normalized spacial score (nSPS) is 12.3. The molecule has 0 saturated heterocycles. The van der Waals surface area contributed by atoms with Crippen LogP contribution in [0.4, 0.5) is 18.9 Å². The Bertz CT molecular complexity index is 820. The maximum absolute atomic E-state index is 12.4. The second-order valence-electron chi connectivity index (χ2n) is 5.54. The van der Waals surface area contributed by atoms with E-state index in [-0.39, 0.29) is 17.0 Å². The zero-order valence-corrected chi connectivity index (χ0v) is 13.8. The molecule has 6 nitrogen and oxygen atoms in total. The summed E-state index contributed by atoms with van der Waals surface area (Å²) in [7, 11) is 0. The summed E-state index contributed by atoms with van der Waals surface area (Å²) in [4.78, 5) is 22.9. The van der Waals surface area contributed by atoms with Crippen molar-refractivity contribution in [1.29, 1.82) is 0 Å². The Labute approximate surface area is 146 Å². The van der Waals surface area contributed by atoms with E-state index in [4.69, 9.17) is 0 Å². The van der Waals surface area contributed by atoms with Crippen molar-refractivity contribution in [2.75, 3.05) is 0 Å². The molecule has 2 aromatic rings. The number of carbonyl (C=O) groups is 1. The number of ether oxygens (including phenoxy) is 1. The number of alkyl halides is 3. The Morgan fingerprint density at radius 3 is 2.35 bits per heavy atom. The van der Waals surface area contributed by atoms with Crippen LogP contribution in [-0.2, 0) is 0 Å². The fourth-order valence-electron chi connectivity index (χ4n) is 2.40. The van der Waals surface area contributed by atoms with Crippen molar-refractivity contribution in [3.05, 3.63) is 69.3 Å². The first kappa shape index (κ1) is 19.2. The molecule has 0 bridgehead atoms. The number of nitro benzene ring substituents is 1. The number of halogens is 3. The highest BCUT2D eigenvalue weighted by atomic mass is 19.4.